The van der Waals surface area contributed by atoms with Crippen LogP contribution < -0.4 is 5.32 Å². The zero-order valence-corrected chi connectivity index (χ0v) is 11.6. The number of aromatic nitrogens is 1. The summed E-state index contributed by atoms with van der Waals surface area (Å²) < 4.78 is 5.20. The van der Waals surface area contributed by atoms with Gasteiger partial charge < -0.3 is 9.73 Å². The predicted octanol–water partition coefficient (Wildman–Crippen LogP) is 3.19. The Morgan fingerprint density at radius 3 is 2.86 bits per heavy atom. The van der Waals surface area contributed by atoms with E-state index in [4.69, 9.17) is 4.42 Å². The summed E-state index contributed by atoms with van der Waals surface area (Å²) in [5.41, 5.74) is 3.27. The summed E-state index contributed by atoms with van der Waals surface area (Å²) >= 11 is 0. The Morgan fingerprint density at radius 2 is 2.00 bits per heavy atom. The van der Waals surface area contributed by atoms with E-state index in [9.17, 15) is 4.79 Å². The number of rotatable bonds is 5. The highest BCUT2D eigenvalue weighted by molar-refractivity contribution is 5.96. The van der Waals surface area contributed by atoms with Crippen molar-refractivity contribution in [2.45, 2.75) is 12.8 Å². The maximum Gasteiger partial charge on any atom is 0.251 e. The summed E-state index contributed by atoms with van der Waals surface area (Å²) in [4.78, 5) is 16.1. The number of fused-ring (bicyclic) bond motifs is 1. The minimum absolute atomic E-state index is 0.0821. The van der Waals surface area contributed by atoms with Gasteiger partial charge in [0.15, 0.2) is 12.0 Å². The number of hydrogen-bond donors (Lipinski definition) is 1. The van der Waals surface area contributed by atoms with Crippen molar-refractivity contribution in [2.75, 3.05) is 6.54 Å². The second-order valence-corrected chi connectivity index (χ2v) is 4.88. The first-order chi connectivity index (χ1) is 10.3. The number of aryl methyl sites for hydroxylation is 1. The predicted molar refractivity (Wildman–Crippen MR) is 81.1 cm³/mol. The lowest BCUT2D eigenvalue weighted by atomic mass is 10.1. The van der Waals surface area contributed by atoms with E-state index in [1.54, 1.807) is 18.2 Å². The van der Waals surface area contributed by atoms with Gasteiger partial charge in [-0.2, -0.15) is 0 Å². The van der Waals surface area contributed by atoms with Gasteiger partial charge in [-0.1, -0.05) is 30.3 Å². The maximum absolute atomic E-state index is 12.0. The Labute approximate surface area is 122 Å². The van der Waals surface area contributed by atoms with Gasteiger partial charge in [-0.3, -0.25) is 4.79 Å². The number of nitrogens with zero attached hydrogens (tertiary/aromatic N) is 1. The molecular formula is C17H16N2O2. The Morgan fingerprint density at radius 1 is 1.14 bits per heavy atom. The molecule has 0 fully saturated rings. The second kappa shape index (κ2) is 6.22. The maximum atomic E-state index is 12.0. The van der Waals surface area contributed by atoms with E-state index in [0.717, 1.165) is 18.4 Å². The van der Waals surface area contributed by atoms with Crippen LogP contribution in [0, 0.1) is 0 Å². The minimum atomic E-state index is -0.0821. The number of oxazole rings is 1. The first kappa shape index (κ1) is 13.4. The van der Waals surface area contributed by atoms with Crippen molar-refractivity contribution in [2.24, 2.45) is 0 Å². The Bertz CT molecular complexity index is 735. The second-order valence-electron chi connectivity index (χ2n) is 4.88. The fourth-order valence-electron chi connectivity index (χ4n) is 2.24. The number of nitrogens with one attached hydrogen (secondary N) is 1. The molecule has 0 aliphatic heterocycles. The van der Waals surface area contributed by atoms with Gasteiger partial charge >= 0.3 is 0 Å². The molecular weight excluding hydrogens is 264 g/mol. The summed E-state index contributed by atoms with van der Waals surface area (Å²) in [6.45, 7) is 0.655. The van der Waals surface area contributed by atoms with Gasteiger partial charge in [0.2, 0.25) is 0 Å². The zero-order valence-electron chi connectivity index (χ0n) is 11.6. The highest BCUT2D eigenvalue weighted by Crippen LogP contribution is 2.14. The quantitative estimate of drug-likeness (QED) is 0.730. The first-order valence-electron chi connectivity index (χ1n) is 6.98. The molecule has 4 nitrogen and oxygen atoms in total. The van der Waals surface area contributed by atoms with E-state index in [2.05, 4.69) is 22.4 Å². The Balaban J connectivity index is 1.52. The minimum Gasteiger partial charge on any atom is -0.443 e. The third-order valence-electron chi connectivity index (χ3n) is 3.36. The fourth-order valence-corrected chi connectivity index (χ4v) is 2.24. The van der Waals surface area contributed by atoms with Gasteiger partial charge in [0.05, 0.1) is 0 Å². The molecule has 0 bridgehead atoms. The van der Waals surface area contributed by atoms with Crippen LogP contribution in [-0.4, -0.2) is 17.4 Å². The lowest BCUT2D eigenvalue weighted by Gasteiger charge is -2.05. The molecule has 0 aliphatic rings. The van der Waals surface area contributed by atoms with Crippen LogP contribution >= 0.6 is 0 Å². The van der Waals surface area contributed by atoms with Crippen LogP contribution in [0.15, 0.2) is 59.3 Å². The average Bonchev–Trinajstić information content (AvgIpc) is 3.00. The van der Waals surface area contributed by atoms with E-state index >= 15 is 0 Å². The van der Waals surface area contributed by atoms with Gasteiger partial charge in [-0.15, -0.1) is 0 Å². The highest BCUT2D eigenvalue weighted by atomic mass is 16.3. The normalized spacial score (nSPS) is 10.7. The molecule has 0 saturated carbocycles. The SMILES string of the molecule is O=C(NCCCc1ccccc1)c1ccc2ncoc2c1. The molecule has 21 heavy (non-hydrogen) atoms. The van der Waals surface area contributed by atoms with Gasteiger partial charge in [-0.25, -0.2) is 4.98 Å². The van der Waals surface area contributed by atoms with Crippen molar-refractivity contribution in [1.29, 1.82) is 0 Å². The molecule has 1 aromatic heterocycles. The monoisotopic (exact) mass is 280 g/mol. The van der Waals surface area contributed by atoms with Gasteiger partial charge in [0, 0.05) is 12.1 Å². The molecule has 3 aromatic rings. The molecule has 0 saturated heterocycles. The van der Waals surface area contributed by atoms with Crippen molar-refractivity contribution in [1.82, 2.24) is 10.3 Å². The summed E-state index contributed by atoms with van der Waals surface area (Å²) in [6, 6.07) is 15.5. The Kier molecular flexibility index (Phi) is 3.96. The van der Waals surface area contributed by atoms with Crippen LogP contribution in [0.3, 0.4) is 0 Å². The number of carbonyl (C=O) groups is 1. The number of amides is 1. The average molecular weight is 280 g/mol. The van der Waals surface area contributed by atoms with Crippen molar-refractivity contribution < 1.29 is 9.21 Å². The molecule has 0 spiro atoms. The lowest BCUT2D eigenvalue weighted by Crippen LogP contribution is -2.24. The van der Waals surface area contributed by atoms with Crippen molar-refractivity contribution in [3.05, 3.63) is 66.1 Å². The van der Waals surface area contributed by atoms with Crippen molar-refractivity contribution in [3.8, 4) is 0 Å². The van der Waals surface area contributed by atoms with Crippen molar-refractivity contribution >= 4 is 17.0 Å². The van der Waals surface area contributed by atoms with Gasteiger partial charge in [0.1, 0.15) is 5.52 Å². The molecule has 2 aromatic carbocycles. The lowest BCUT2D eigenvalue weighted by molar-refractivity contribution is 0.0953. The fraction of sp³-hybridized carbons (Fsp3) is 0.176. The zero-order chi connectivity index (χ0) is 14.5. The molecule has 4 heteroatoms. The standard InChI is InChI=1S/C17H16N2O2/c20-17(14-8-9-15-16(11-14)21-12-19-15)18-10-4-7-13-5-2-1-3-6-13/h1-3,5-6,8-9,11-12H,4,7,10H2,(H,18,20). The number of hydrogen-bond acceptors (Lipinski definition) is 3. The smallest absolute Gasteiger partial charge is 0.251 e. The van der Waals surface area contributed by atoms with Crippen LogP contribution in [0.4, 0.5) is 0 Å². The van der Waals surface area contributed by atoms with Crippen LogP contribution in [-0.2, 0) is 6.42 Å². The topological polar surface area (TPSA) is 55.1 Å². The van der Waals surface area contributed by atoms with Crippen LogP contribution in [0.5, 0.6) is 0 Å². The summed E-state index contributed by atoms with van der Waals surface area (Å²) in [6.07, 6.45) is 3.26. The highest BCUT2D eigenvalue weighted by Gasteiger charge is 2.07. The molecule has 0 unspecified atom stereocenters. The van der Waals surface area contributed by atoms with E-state index in [1.807, 2.05) is 18.2 Å². The molecule has 1 N–H and O–H groups in total. The molecule has 0 atom stereocenters. The van der Waals surface area contributed by atoms with E-state index in [0.29, 0.717) is 17.7 Å². The van der Waals surface area contributed by atoms with Crippen LogP contribution in [0.25, 0.3) is 11.1 Å². The van der Waals surface area contributed by atoms with Gasteiger partial charge in [-0.05, 0) is 36.6 Å². The van der Waals surface area contributed by atoms with Gasteiger partial charge in [0.25, 0.3) is 5.91 Å². The van der Waals surface area contributed by atoms with E-state index < -0.39 is 0 Å². The molecule has 0 aliphatic carbocycles. The summed E-state index contributed by atoms with van der Waals surface area (Å²) in [5.74, 6) is -0.0821. The van der Waals surface area contributed by atoms with Crippen LogP contribution in [0.1, 0.15) is 22.3 Å². The van der Waals surface area contributed by atoms with Crippen LogP contribution in [0.2, 0.25) is 0 Å². The first-order valence-corrected chi connectivity index (χ1v) is 6.98. The largest absolute Gasteiger partial charge is 0.443 e. The van der Waals surface area contributed by atoms with E-state index in [-0.39, 0.29) is 5.91 Å². The summed E-state index contributed by atoms with van der Waals surface area (Å²) in [5, 5.41) is 2.93. The molecule has 0 radical (unpaired) electrons. The number of carbonyl (C=O) groups excluding carboxylic acids is 1. The third-order valence-corrected chi connectivity index (χ3v) is 3.36. The summed E-state index contributed by atoms with van der Waals surface area (Å²) in [7, 11) is 0. The third kappa shape index (κ3) is 3.28. The number of benzene rings is 2. The van der Waals surface area contributed by atoms with Crippen molar-refractivity contribution in [3.63, 3.8) is 0 Å². The molecule has 1 heterocycles. The molecule has 106 valence electrons. The Hall–Kier alpha value is -2.62. The molecule has 1 amide bonds. The van der Waals surface area contributed by atoms with E-state index in [1.165, 1.54) is 12.0 Å². The molecule has 3 rings (SSSR count).